The van der Waals surface area contributed by atoms with Gasteiger partial charge in [-0.15, -0.1) is 5.10 Å². The van der Waals surface area contributed by atoms with Gasteiger partial charge < -0.3 is 4.57 Å². The van der Waals surface area contributed by atoms with Gasteiger partial charge in [0.15, 0.2) is 10.2 Å². The Kier molecular flexibility index (Phi) is 5.65. The minimum absolute atomic E-state index is 0.0525. The molecule has 0 spiro atoms. The van der Waals surface area contributed by atoms with Crippen LogP contribution in [0.15, 0.2) is 39.9 Å². The SMILES string of the molecule is CCSC1=NN2C(=N)/C(=C\c3cc(C)n(-c4ccc(Cl)cc4C)c3C)C(=O)N=C2S1. The first kappa shape index (κ1) is 21.0. The number of benzene rings is 1. The van der Waals surface area contributed by atoms with Crippen molar-refractivity contribution in [1.29, 1.82) is 5.41 Å². The smallest absolute Gasteiger partial charge is 0.283 e. The highest BCUT2D eigenvalue weighted by molar-refractivity contribution is 8.45. The van der Waals surface area contributed by atoms with Crippen molar-refractivity contribution in [2.24, 2.45) is 10.1 Å². The third-order valence-electron chi connectivity index (χ3n) is 4.87. The summed E-state index contributed by atoms with van der Waals surface area (Å²) in [6, 6.07) is 7.80. The van der Waals surface area contributed by atoms with Gasteiger partial charge in [0.1, 0.15) is 0 Å². The summed E-state index contributed by atoms with van der Waals surface area (Å²) >= 11 is 9.01. The Balaban J connectivity index is 1.74. The zero-order valence-electron chi connectivity index (χ0n) is 17.0. The molecule has 154 valence electrons. The quantitative estimate of drug-likeness (QED) is 0.627. The fourth-order valence-electron chi connectivity index (χ4n) is 3.49. The summed E-state index contributed by atoms with van der Waals surface area (Å²) in [6.45, 7) is 8.07. The van der Waals surface area contributed by atoms with Gasteiger partial charge in [-0.3, -0.25) is 10.2 Å². The molecule has 1 N–H and O–H groups in total. The molecular formula is C21H20ClN5OS2. The summed E-state index contributed by atoms with van der Waals surface area (Å²) < 4.78 is 2.93. The molecule has 2 aliphatic rings. The average Bonchev–Trinajstić information content (AvgIpc) is 3.20. The number of aliphatic imine (C=N–C) groups is 1. The van der Waals surface area contributed by atoms with E-state index in [9.17, 15) is 4.79 Å². The molecule has 1 amide bonds. The highest BCUT2D eigenvalue weighted by atomic mass is 35.5. The molecule has 4 rings (SSSR count). The van der Waals surface area contributed by atoms with Crippen LogP contribution in [0.2, 0.25) is 5.02 Å². The molecule has 2 aliphatic heterocycles. The fraction of sp³-hybridized carbons (Fsp3) is 0.238. The maximum Gasteiger partial charge on any atom is 0.283 e. The van der Waals surface area contributed by atoms with Crippen LogP contribution in [-0.4, -0.2) is 36.6 Å². The van der Waals surface area contributed by atoms with Crippen molar-refractivity contribution >= 4 is 62.5 Å². The van der Waals surface area contributed by atoms with Crippen LogP contribution in [0.3, 0.4) is 0 Å². The van der Waals surface area contributed by atoms with Gasteiger partial charge in [-0.2, -0.15) is 10.0 Å². The van der Waals surface area contributed by atoms with Crippen LogP contribution in [-0.2, 0) is 4.79 Å². The number of nitrogens with zero attached hydrogens (tertiary/aromatic N) is 4. The number of halogens is 1. The number of hydrazone groups is 1. The summed E-state index contributed by atoms with van der Waals surface area (Å²) in [5.74, 6) is 0.508. The second-order valence-electron chi connectivity index (χ2n) is 6.91. The van der Waals surface area contributed by atoms with Crippen LogP contribution in [0, 0.1) is 26.2 Å². The highest BCUT2D eigenvalue weighted by Gasteiger charge is 2.35. The Hall–Kier alpha value is -2.29. The van der Waals surface area contributed by atoms with Gasteiger partial charge in [-0.05, 0) is 79.8 Å². The largest absolute Gasteiger partial charge is 0.318 e. The lowest BCUT2D eigenvalue weighted by atomic mass is 10.1. The molecule has 0 atom stereocenters. The Morgan fingerprint density at radius 3 is 2.73 bits per heavy atom. The summed E-state index contributed by atoms with van der Waals surface area (Å²) in [6.07, 6.45) is 1.74. The van der Waals surface area contributed by atoms with Gasteiger partial charge in [0.2, 0.25) is 5.17 Å². The summed E-state index contributed by atoms with van der Waals surface area (Å²) in [5, 5.41) is 15.5. The summed E-state index contributed by atoms with van der Waals surface area (Å²) in [5.41, 5.74) is 5.20. The lowest BCUT2D eigenvalue weighted by Crippen LogP contribution is -2.35. The molecule has 1 aromatic carbocycles. The van der Waals surface area contributed by atoms with Crippen molar-refractivity contribution in [2.75, 3.05) is 5.75 Å². The monoisotopic (exact) mass is 457 g/mol. The number of amides is 1. The summed E-state index contributed by atoms with van der Waals surface area (Å²) in [7, 11) is 0. The van der Waals surface area contributed by atoms with E-state index in [1.165, 1.54) is 16.8 Å². The van der Waals surface area contributed by atoms with E-state index in [4.69, 9.17) is 17.0 Å². The zero-order chi connectivity index (χ0) is 21.6. The lowest BCUT2D eigenvalue weighted by molar-refractivity contribution is -0.114. The average molecular weight is 458 g/mol. The predicted molar refractivity (Wildman–Crippen MR) is 128 cm³/mol. The van der Waals surface area contributed by atoms with Crippen molar-refractivity contribution in [3.63, 3.8) is 0 Å². The van der Waals surface area contributed by atoms with E-state index in [0.29, 0.717) is 10.2 Å². The number of nitrogens with one attached hydrogen (secondary N) is 1. The number of rotatable bonds is 3. The maximum atomic E-state index is 12.7. The Morgan fingerprint density at radius 2 is 2.03 bits per heavy atom. The van der Waals surface area contributed by atoms with Gasteiger partial charge in [-0.1, -0.05) is 30.3 Å². The molecular weight excluding hydrogens is 438 g/mol. The number of carbonyl (C=O) groups is 1. The first-order chi connectivity index (χ1) is 14.3. The number of hydrogen-bond donors (Lipinski definition) is 1. The normalized spacial score (nSPS) is 17.5. The number of thioether (sulfide) groups is 2. The molecule has 3 heterocycles. The predicted octanol–water partition coefficient (Wildman–Crippen LogP) is 5.39. The second-order valence-corrected chi connectivity index (χ2v) is 9.82. The van der Waals surface area contributed by atoms with Crippen molar-refractivity contribution < 1.29 is 4.79 Å². The van der Waals surface area contributed by atoms with E-state index in [1.807, 2.05) is 52.0 Å². The molecule has 0 radical (unpaired) electrons. The Morgan fingerprint density at radius 1 is 1.27 bits per heavy atom. The van der Waals surface area contributed by atoms with E-state index in [2.05, 4.69) is 14.7 Å². The standard InChI is InChI=1S/C21H20ClN5OS2/c1-5-29-21-25-27-18(23)16(19(28)24-20(27)30-21)10-14-9-12(3)26(13(14)4)17-7-6-15(22)8-11(17)2/h6-10,23H,5H2,1-4H3/b16-10+,23-18?. The topological polar surface area (TPSA) is 73.8 Å². The number of fused-ring (bicyclic) bond motifs is 1. The van der Waals surface area contributed by atoms with E-state index in [0.717, 1.165) is 38.3 Å². The molecule has 0 aliphatic carbocycles. The van der Waals surface area contributed by atoms with Crippen molar-refractivity contribution in [1.82, 2.24) is 9.58 Å². The Bertz CT molecular complexity index is 1180. The number of hydrogen-bond acceptors (Lipinski definition) is 5. The Labute approximate surface area is 188 Å². The first-order valence-electron chi connectivity index (χ1n) is 9.38. The molecule has 0 saturated heterocycles. The van der Waals surface area contributed by atoms with E-state index < -0.39 is 5.91 Å². The van der Waals surface area contributed by atoms with Gasteiger partial charge in [0.25, 0.3) is 5.91 Å². The van der Waals surface area contributed by atoms with Crippen molar-refractivity contribution in [3.05, 3.63) is 57.4 Å². The molecule has 6 nitrogen and oxygen atoms in total. The lowest BCUT2D eigenvalue weighted by Gasteiger charge is -2.20. The van der Waals surface area contributed by atoms with Crippen molar-refractivity contribution in [3.8, 4) is 5.69 Å². The van der Waals surface area contributed by atoms with Crippen LogP contribution in [0.4, 0.5) is 0 Å². The second kappa shape index (κ2) is 8.09. The van der Waals surface area contributed by atoms with Gasteiger partial charge in [0.05, 0.1) is 5.57 Å². The summed E-state index contributed by atoms with van der Waals surface area (Å²) in [4.78, 5) is 16.8. The molecule has 2 aromatic rings. The van der Waals surface area contributed by atoms with E-state index in [-0.39, 0.29) is 11.4 Å². The van der Waals surface area contributed by atoms with Gasteiger partial charge in [0, 0.05) is 22.1 Å². The number of aryl methyl sites for hydroxylation is 2. The minimum Gasteiger partial charge on any atom is -0.318 e. The molecule has 0 saturated carbocycles. The van der Waals surface area contributed by atoms with Crippen LogP contribution in [0.1, 0.15) is 29.4 Å². The van der Waals surface area contributed by atoms with Crippen LogP contribution >= 0.6 is 35.1 Å². The van der Waals surface area contributed by atoms with Gasteiger partial charge >= 0.3 is 0 Å². The highest BCUT2D eigenvalue weighted by Crippen LogP contribution is 2.33. The minimum atomic E-state index is -0.413. The molecule has 0 fully saturated rings. The van der Waals surface area contributed by atoms with Crippen LogP contribution < -0.4 is 0 Å². The van der Waals surface area contributed by atoms with Crippen molar-refractivity contribution in [2.45, 2.75) is 27.7 Å². The molecule has 0 bridgehead atoms. The van der Waals surface area contributed by atoms with E-state index in [1.54, 1.807) is 17.8 Å². The third kappa shape index (κ3) is 3.64. The fourth-order valence-corrected chi connectivity index (χ4v) is 5.54. The van der Waals surface area contributed by atoms with E-state index >= 15 is 0 Å². The number of carbonyl (C=O) groups excluding carboxylic acids is 1. The number of amidine groups is 2. The number of aromatic nitrogens is 1. The maximum absolute atomic E-state index is 12.7. The zero-order valence-corrected chi connectivity index (χ0v) is 19.4. The molecule has 0 unspecified atom stereocenters. The third-order valence-corrected chi connectivity index (χ3v) is 7.03. The molecule has 30 heavy (non-hydrogen) atoms. The van der Waals surface area contributed by atoms with Gasteiger partial charge in [-0.25, -0.2) is 0 Å². The molecule has 9 heteroatoms. The first-order valence-corrected chi connectivity index (χ1v) is 11.6. The molecule has 1 aromatic heterocycles. The van der Waals surface area contributed by atoms with Crippen LogP contribution in [0.5, 0.6) is 0 Å². The van der Waals surface area contributed by atoms with Crippen LogP contribution in [0.25, 0.3) is 11.8 Å².